The maximum Gasteiger partial charge on any atom is 0.410 e. The van der Waals surface area contributed by atoms with E-state index in [0.29, 0.717) is 68.5 Å². The molecule has 0 aromatic heterocycles. The Morgan fingerprint density at radius 1 is 0.920 bits per heavy atom. The van der Waals surface area contributed by atoms with E-state index in [9.17, 15) is 24.3 Å². The van der Waals surface area contributed by atoms with E-state index in [1.807, 2.05) is 60.0 Å². The number of hydrogen-bond donors (Lipinski definition) is 4. The first-order valence-electron chi connectivity index (χ1n) is 17.9. The zero-order valence-corrected chi connectivity index (χ0v) is 29.1. The maximum absolute atomic E-state index is 14.1. The predicted molar refractivity (Wildman–Crippen MR) is 186 cm³/mol. The highest BCUT2D eigenvalue weighted by atomic mass is 16.6. The number of hydrogen-bond acceptors (Lipinski definition) is 8. The third-order valence-electron chi connectivity index (χ3n) is 11.1. The molecule has 0 radical (unpaired) electrons. The van der Waals surface area contributed by atoms with Crippen LogP contribution in [0.3, 0.4) is 0 Å². The second-order valence-corrected chi connectivity index (χ2v) is 14.4. The van der Waals surface area contributed by atoms with Crippen LogP contribution in [0.15, 0.2) is 36.4 Å². The van der Waals surface area contributed by atoms with Crippen molar-refractivity contribution >= 4 is 29.6 Å². The number of likely N-dealkylation sites (tertiary alicyclic amines) is 3. The molecule has 2 aromatic carbocycles. The number of aryl methyl sites for hydroxylation is 2. The van der Waals surface area contributed by atoms with Crippen molar-refractivity contribution in [3.63, 3.8) is 0 Å². The molecule has 3 fully saturated rings. The molecule has 1 unspecified atom stereocenters. The number of phenols is 1. The van der Waals surface area contributed by atoms with E-state index in [1.165, 1.54) is 0 Å². The van der Waals surface area contributed by atoms with Crippen molar-refractivity contribution < 1.29 is 34.2 Å². The van der Waals surface area contributed by atoms with E-state index in [2.05, 4.69) is 10.2 Å². The SMILES string of the molecule is Cc1cc(C[C@@H](OC(=O)N2CCC(N3CCc4ccccc4NC3=O)CC2)C(=O)N2CCC(C3CCN(CC(=O)NO)C3)CC2)cc(C)c1O. The number of nitrogens with one attached hydrogen (secondary N) is 2. The van der Waals surface area contributed by atoms with Crippen LogP contribution >= 0.6 is 0 Å². The Labute approximate surface area is 293 Å². The van der Waals surface area contributed by atoms with E-state index in [-0.39, 0.29) is 36.7 Å². The number of amides is 5. The summed E-state index contributed by atoms with van der Waals surface area (Å²) in [6.07, 6.45) is 3.27. The molecule has 5 amide bonds. The molecule has 0 saturated carbocycles. The number of benzene rings is 2. The van der Waals surface area contributed by atoms with Crippen LogP contribution < -0.4 is 10.8 Å². The fourth-order valence-electron chi connectivity index (χ4n) is 8.28. The van der Waals surface area contributed by atoms with Gasteiger partial charge in [-0.2, -0.15) is 0 Å². The van der Waals surface area contributed by atoms with Gasteiger partial charge in [-0.15, -0.1) is 0 Å². The van der Waals surface area contributed by atoms with Gasteiger partial charge in [0.2, 0.25) is 0 Å². The summed E-state index contributed by atoms with van der Waals surface area (Å²) in [7, 11) is 0. The number of carbonyl (C=O) groups excluding carboxylic acids is 4. The Balaban J connectivity index is 1.07. The van der Waals surface area contributed by atoms with Crippen LogP contribution in [0.1, 0.15) is 54.4 Å². The minimum Gasteiger partial charge on any atom is -0.507 e. The fourth-order valence-corrected chi connectivity index (χ4v) is 8.28. The first-order chi connectivity index (χ1) is 24.1. The maximum atomic E-state index is 14.1. The molecule has 3 saturated heterocycles. The summed E-state index contributed by atoms with van der Waals surface area (Å²) in [5.74, 6) is 0.429. The van der Waals surface area contributed by atoms with Crippen LogP contribution in [-0.4, -0.2) is 118 Å². The number of para-hydroxylation sites is 1. The molecule has 0 aliphatic carbocycles. The van der Waals surface area contributed by atoms with Crippen LogP contribution in [0.2, 0.25) is 0 Å². The summed E-state index contributed by atoms with van der Waals surface area (Å²) in [6, 6.07) is 11.4. The summed E-state index contributed by atoms with van der Waals surface area (Å²) in [5, 5.41) is 22.3. The minimum atomic E-state index is -1.02. The number of anilines is 1. The molecule has 6 rings (SSSR count). The normalized spacial score (nSPS) is 21.3. The summed E-state index contributed by atoms with van der Waals surface area (Å²) in [4.78, 5) is 59.8. The van der Waals surface area contributed by atoms with Crippen molar-refractivity contribution in [2.45, 2.75) is 70.9 Å². The molecule has 13 heteroatoms. The molecule has 4 aliphatic heterocycles. The van der Waals surface area contributed by atoms with Gasteiger partial charge in [0.25, 0.3) is 11.8 Å². The van der Waals surface area contributed by atoms with Crippen LogP contribution in [0, 0.1) is 25.7 Å². The standard InChI is InChI=1S/C37H50N6O7/c1-24-19-26(20-25(2)34(24)45)21-32(35(46)41-14-8-27(9-15-41)29-7-13-40(22-29)23-33(44)39-49)50-37(48)42-16-11-30(12-17-42)43-18-10-28-5-3-4-6-31(28)38-36(43)47/h3-6,19-20,27,29-30,32,45,49H,7-18,21-23H2,1-2H3,(H,38,47)(H,39,44)/t29?,32-/m1/s1. The highest BCUT2D eigenvalue weighted by Gasteiger charge is 2.38. The number of nitrogens with zero attached hydrogens (tertiary/aromatic N) is 4. The lowest BCUT2D eigenvalue weighted by Gasteiger charge is -2.38. The summed E-state index contributed by atoms with van der Waals surface area (Å²) >= 11 is 0. The van der Waals surface area contributed by atoms with Crippen molar-refractivity contribution in [2.24, 2.45) is 11.8 Å². The Kier molecular flexibility index (Phi) is 11.1. The van der Waals surface area contributed by atoms with Gasteiger partial charge in [-0.25, -0.2) is 15.1 Å². The Morgan fingerprint density at radius 3 is 2.28 bits per heavy atom. The number of carbonyl (C=O) groups is 4. The van der Waals surface area contributed by atoms with Gasteiger partial charge >= 0.3 is 12.1 Å². The van der Waals surface area contributed by atoms with Gasteiger partial charge in [0.15, 0.2) is 6.10 Å². The van der Waals surface area contributed by atoms with Gasteiger partial charge in [0.1, 0.15) is 5.75 Å². The van der Waals surface area contributed by atoms with Crippen LogP contribution in [0.4, 0.5) is 15.3 Å². The third-order valence-corrected chi connectivity index (χ3v) is 11.1. The summed E-state index contributed by atoms with van der Waals surface area (Å²) < 4.78 is 6.05. The number of phenolic OH excluding ortho intramolecular Hbond substituents is 1. The van der Waals surface area contributed by atoms with Crippen molar-refractivity contribution in [1.82, 2.24) is 25.1 Å². The first kappa shape index (κ1) is 35.5. The average Bonchev–Trinajstić information content (AvgIpc) is 3.51. The third kappa shape index (κ3) is 8.15. The van der Waals surface area contributed by atoms with Crippen LogP contribution in [0.25, 0.3) is 0 Å². The largest absolute Gasteiger partial charge is 0.507 e. The molecular formula is C37H50N6O7. The highest BCUT2D eigenvalue weighted by molar-refractivity contribution is 5.91. The summed E-state index contributed by atoms with van der Waals surface area (Å²) in [6.45, 7) is 7.96. The van der Waals surface area contributed by atoms with Gasteiger partial charge in [0, 0.05) is 57.4 Å². The molecule has 4 N–H and O–H groups in total. The molecular weight excluding hydrogens is 640 g/mol. The second kappa shape index (κ2) is 15.7. The zero-order valence-electron chi connectivity index (χ0n) is 29.1. The zero-order chi connectivity index (χ0) is 35.4. The van der Waals surface area contributed by atoms with Crippen molar-refractivity contribution in [1.29, 1.82) is 0 Å². The van der Waals surface area contributed by atoms with E-state index in [1.54, 1.807) is 10.4 Å². The van der Waals surface area contributed by atoms with Gasteiger partial charge in [0.05, 0.1) is 6.54 Å². The lowest BCUT2D eigenvalue weighted by atomic mass is 9.83. The smallest absolute Gasteiger partial charge is 0.410 e. The molecule has 4 heterocycles. The van der Waals surface area contributed by atoms with E-state index >= 15 is 0 Å². The van der Waals surface area contributed by atoms with Gasteiger partial charge in [-0.3, -0.25) is 19.7 Å². The van der Waals surface area contributed by atoms with Crippen molar-refractivity contribution in [2.75, 3.05) is 57.7 Å². The van der Waals surface area contributed by atoms with Crippen molar-refractivity contribution in [3.05, 3.63) is 58.7 Å². The number of ether oxygens (including phenoxy) is 1. The topological polar surface area (TPSA) is 155 Å². The Hall–Kier alpha value is -4.36. The molecule has 4 aliphatic rings. The van der Waals surface area contributed by atoms with Crippen LogP contribution in [0.5, 0.6) is 5.75 Å². The first-order valence-corrected chi connectivity index (χ1v) is 17.9. The van der Waals surface area contributed by atoms with E-state index < -0.39 is 18.1 Å². The molecule has 270 valence electrons. The van der Waals surface area contributed by atoms with Crippen molar-refractivity contribution in [3.8, 4) is 5.75 Å². The lowest BCUT2D eigenvalue weighted by molar-refractivity contribution is -0.142. The number of aromatic hydroxyl groups is 1. The quantitative estimate of drug-likeness (QED) is 0.242. The minimum absolute atomic E-state index is 0.00573. The van der Waals surface area contributed by atoms with Gasteiger partial charge in [-0.1, -0.05) is 30.3 Å². The molecule has 0 spiro atoms. The Morgan fingerprint density at radius 2 is 1.58 bits per heavy atom. The van der Waals surface area contributed by atoms with Gasteiger partial charge in [-0.05, 0) is 99.1 Å². The molecule has 13 nitrogen and oxygen atoms in total. The number of fused-ring (bicyclic) bond motifs is 1. The molecule has 50 heavy (non-hydrogen) atoms. The van der Waals surface area contributed by atoms with E-state index in [4.69, 9.17) is 9.94 Å². The molecule has 2 atom stereocenters. The molecule has 2 aromatic rings. The van der Waals surface area contributed by atoms with E-state index in [0.717, 1.165) is 55.6 Å². The summed E-state index contributed by atoms with van der Waals surface area (Å²) in [5.41, 5.74) is 5.86. The average molecular weight is 691 g/mol. The number of hydroxylamine groups is 1. The van der Waals surface area contributed by atoms with Crippen LogP contribution in [-0.2, 0) is 27.2 Å². The number of rotatable bonds is 8. The number of piperidine rings is 2. The molecule has 0 bridgehead atoms. The number of urea groups is 1. The monoisotopic (exact) mass is 690 g/mol. The predicted octanol–water partition coefficient (Wildman–Crippen LogP) is 3.68. The Bertz CT molecular complexity index is 1550. The van der Waals surface area contributed by atoms with Gasteiger partial charge < -0.3 is 29.9 Å². The fraction of sp³-hybridized carbons (Fsp3) is 0.568. The second-order valence-electron chi connectivity index (χ2n) is 14.4. The highest BCUT2D eigenvalue weighted by Crippen LogP contribution is 2.33. The lowest BCUT2D eigenvalue weighted by Crippen LogP contribution is -2.51.